The molecule has 1 saturated heterocycles. The van der Waals surface area contributed by atoms with Crippen molar-refractivity contribution in [1.29, 1.82) is 0 Å². The summed E-state index contributed by atoms with van der Waals surface area (Å²) in [6.45, 7) is 3.42. The fourth-order valence-corrected chi connectivity index (χ4v) is 3.40. The number of hydrogen-bond donors (Lipinski definition) is 1. The molecule has 2 aliphatic rings. The minimum Gasteiger partial charge on any atom is -0.391 e. The van der Waals surface area contributed by atoms with Gasteiger partial charge in [0.05, 0.1) is 6.10 Å². The molecule has 16 heavy (non-hydrogen) atoms. The van der Waals surface area contributed by atoms with Crippen molar-refractivity contribution in [2.75, 3.05) is 6.54 Å². The van der Waals surface area contributed by atoms with Gasteiger partial charge in [-0.25, -0.2) is 0 Å². The zero-order chi connectivity index (χ0) is 11.1. The van der Waals surface area contributed by atoms with Gasteiger partial charge in [0, 0.05) is 18.6 Å². The molecule has 3 rings (SSSR count). The zero-order valence-electron chi connectivity index (χ0n) is 9.71. The van der Waals surface area contributed by atoms with Crippen LogP contribution in [0.4, 0.5) is 0 Å². The number of benzene rings is 1. The van der Waals surface area contributed by atoms with Crippen LogP contribution in [-0.4, -0.2) is 28.7 Å². The molecule has 3 unspecified atom stereocenters. The molecule has 4 atom stereocenters. The molecule has 0 aromatic heterocycles. The molecular formula is C14H19NO. The largest absolute Gasteiger partial charge is 0.391 e. The lowest BCUT2D eigenvalue weighted by molar-refractivity contribution is 0.0361. The summed E-state index contributed by atoms with van der Waals surface area (Å²) in [5, 5.41) is 9.94. The summed E-state index contributed by atoms with van der Waals surface area (Å²) in [6, 6.07) is 11.5. The molecule has 86 valence electrons. The van der Waals surface area contributed by atoms with E-state index in [1.807, 2.05) is 0 Å². The molecule has 1 N–H and O–H groups in total. The van der Waals surface area contributed by atoms with Crippen LogP contribution in [-0.2, 0) is 0 Å². The molecule has 1 aromatic rings. The number of fused-ring (bicyclic) bond motifs is 2. The number of aliphatic hydroxyl groups is 1. The Balaban J connectivity index is 1.79. The number of nitrogens with zero attached hydrogens (tertiary/aromatic N) is 1. The van der Waals surface area contributed by atoms with Crippen molar-refractivity contribution >= 4 is 0 Å². The van der Waals surface area contributed by atoms with Crippen molar-refractivity contribution in [1.82, 2.24) is 4.90 Å². The molecule has 2 bridgehead atoms. The van der Waals surface area contributed by atoms with E-state index in [-0.39, 0.29) is 6.10 Å². The molecule has 1 heterocycles. The van der Waals surface area contributed by atoms with E-state index in [1.165, 1.54) is 12.0 Å². The molecule has 1 saturated carbocycles. The van der Waals surface area contributed by atoms with Crippen LogP contribution in [0.25, 0.3) is 0 Å². The van der Waals surface area contributed by atoms with Crippen LogP contribution in [0.1, 0.15) is 31.4 Å². The second kappa shape index (κ2) is 3.86. The first-order valence-electron chi connectivity index (χ1n) is 6.24. The smallest absolute Gasteiger partial charge is 0.0698 e. The van der Waals surface area contributed by atoms with E-state index >= 15 is 0 Å². The molecule has 2 nitrogen and oxygen atoms in total. The van der Waals surface area contributed by atoms with Crippen LogP contribution in [0.5, 0.6) is 0 Å². The SMILES string of the molecule is C[C@H](c1ccccc1)N1CC2CC(O)C1C2. The van der Waals surface area contributed by atoms with Crippen molar-refractivity contribution in [2.24, 2.45) is 5.92 Å². The van der Waals surface area contributed by atoms with Gasteiger partial charge in [0.1, 0.15) is 0 Å². The lowest BCUT2D eigenvalue weighted by Crippen LogP contribution is -2.42. The maximum absolute atomic E-state index is 9.94. The number of rotatable bonds is 2. The van der Waals surface area contributed by atoms with Crippen LogP contribution in [0.2, 0.25) is 0 Å². The van der Waals surface area contributed by atoms with Crippen molar-refractivity contribution in [3.8, 4) is 0 Å². The van der Waals surface area contributed by atoms with E-state index in [0.717, 1.165) is 18.9 Å². The molecule has 1 aromatic carbocycles. The Morgan fingerprint density at radius 1 is 1.25 bits per heavy atom. The maximum atomic E-state index is 9.94. The number of aliphatic hydroxyl groups excluding tert-OH is 1. The second-order valence-electron chi connectivity index (χ2n) is 5.26. The van der Waals surface area contributed by atoms with Gasteiger partial charge in [-0.15, -0.1) is 0 Å². The first kappa shape index (κ1) is 10.3. The van der Waals surface area contributed by atoms with Gasteiger partial charge in [0.25, 0.3) is 0 Å². The maximum Gasteiger partial charge on any atom is 0.0698 e. The van der Waals surface area contributed by atoms with E-state index < -0.39 is 0 Å². The minimum atomic E-state index is -0.0927. The van der Waals surface area contributed by atoms with E-state index in [4.69, 9.17) is 0 Å². The Labute approximate surface area is 96.9 Å². The summed E-state index contributed by atoms with van der Waals surface area (Å²) in [5.74, 6) is 0.728. The second-order valence-corrected chi connectivity index (χ2v) is 5.26. The van der Waals surface area contributed by atoms with Crippen LogP contribution < -0.4 is 0 Å². The topological polar surface area (TPSA) is 23.5 Å². The summed E-state index contributed by atoms with van der Waals surface area (Å²) in [4.78, 5) is 2.48. The number of likely N-dealkylation sites (tertiary alicyclic amines) is 1. The molecule has 2 fully saturated rings. The third-order valence-corrected chi connectivity index (χ3v) is 4.27. The average Bonchev–Trinajstić information content (AvgIpc) is 2.88. The highest BCUT2D eigenvalue weighted by Gasteiger charge is 2.45. The molecule has 1 aliphatic carbocycles. The predicted octanol–water partition coefficient (Wildman–Crippen LogP) is 2.20. The fraction of sp³-hybridized carbons (Fsp3) is 0.571. The highest BCUT2D eigenvalue weighted by Crippen LogP contribution is 2.41. The van der Waals surface area contributed by atoms with E-state index in [1.54, 1.807) is 0 Å². The van der Waals surface area contributed by atoms with Crippen molar-refractivity contribution in [2.45, 2.75) is 38.0 Å². The van der Waals surface area contributed by atoms with Gasteiger partial charge in [0.2, 0.25) is 0 Å². The van der Waals surface area contributed by atoms with Gasteiger partial charge in [-0.05, 0) is 31.2 Å². The van der Waals surface area contributed by atoms with Crippen LogP contribution in [0.15, 0.2) is 30.3 Å². The van der Waals surface area contributed by atoms with Gasteiger partial charge in [-0.2, -0.15) is 0 Å². The quantitative estimate of drug-likeness (QED) is 0.821. The normalized spacial score (nSPS) is 35.5. The summed E-state index contributed by atoms with van der Waals surface area (Å²) >= 11 is 0. The number of piperidine rings is 1. The Bertz CT molecular complexity index is 364. The van der Waals surface area contributed by atoms with E-state index in [9.17, 15) is 5.11 Å². The molecule has 1 aliphatic heterocycles. The highest BCUT2D eigenvalue weighted by molar-refractivity contribution is 5.19. The van der Waals surface area contributed by atoms with Crippen LogP contribution in [0.3, 0.4) is 0 Å². The van der Waals surface area contributed by atoms with Crippen molar-refractivity contribution in [3.05, 3.63) is 35.9 Å². The molecular weight excluding hydrogens is 198 g/mol. The van der Waals surface area contributed by atoms with Gasteiger partial charge in [0.15, 0.2) is 0 Å². The summed E-state index contributed by atoms with van der Waals surface area (Å²) in [5.41, 5.74) is 1.36. The van der Waals surface area contributed by atoms with Gasteiger partial charge < -0.3 is 5.11 Å². The van der Waals surface area contributed by atoms with Crippen molar-refractivity contribution in [3.63, 3.8) is 0 Å². The first-order valence-corrected chi connectivity index (χ1v) is 6.24. The zero-order valence-corrected chi connectivity index (χ0v) is 9.71. The van der Waals surface area contributed by atoms with E-state index in [2.05, 4.69) is 42.2 Å². The monoisotopic (exact) mass is 217 g/mol. The third-order valence-electron chi connectivity index (χ3n) is 4.27. The summed E-state index contributed by atoms with van der Waals surface area (Å²) < 4.78 is 0. The molecule has 2 heteroatoms. The molecule has 0 spiro atoms. The Morgan fingerprint density at radius 3 is 2.62 bits per heavy atom. The van der Waals surface area contributed by atoms with Gasteiger partial charge in [-0.3, -0.25) is 4.90 Å². The fourth-order valence-electron chi connectivity index (χ4n) is 3.40. The van der Waals surface area contributed by atoms with Gasteiger partial charge in [-0.1, -0.05) is 30.3 Å². The lowest BCUT2D eigenvalue weighted by Gasteiger charge is -2.35. The first-order chi connectivity index (χ1) is 7.75. The number of hydrogen-bond acceptors (Lipinski definition) is 2. The van der Waals surface area contributed by atoms with Crippen LogP contribution >= 0.6 is 0 Å². The molecule has 0 amide bonds. The predicted molar refractivity (Wildman–Crippen MR) is 64.1 cm³/mol. The third kappa shape index (κ3) is 1.57. The van der Waals surface area contributed by atoms with Crippen LogP contribution in [0, 0.1) is 5.92 Å². The molecule has 0 radical (unpaired) electrons. The Morgan fingerprint density at radius 2 is 2.00 bits per heavy atom. The summed E-state index contributed by atoms with van der Waals surface area (Å²) in [6.07, 6.45) is 2.12. The standard InChI is InChI=1S/C14H19NO/c1-10(12-5-3-2-4-6-12)15-9-11-7-13(15)14(16)8-11/h2-6,10-11,13-14,16H,7-9H2,1H3/t10-,11?,13?,14?/m1/s1. The highest BCUT2D eigenvalue weighted by atomic mass is 16.3. The van der Waals surface area contributed by atoms with Gasteiger partial charge >= 0.3 is 0 Å². The average molecular weight is 217 g/mol. The lowest BCUT2D eigenvalue weighted by atomic mass is 10.0. The Kier molecular flexibility index (Phi) is 2.49. The van der Waals surface area contributed by atoms with Crippen molar-refractivity contribution < 1.29 is 5.11 Å². The minimum absolute atomic E-state index is 0.0927. The summed E-state index contributed by atoms with van der Waals surface area (Å²) in [7, 11) is 0. The Hall–Kier alpha value is -0.860. The van der Waals surface area contributed by atoms with E-state index in [0.29, 0.717) is 12.1 Å².